The largest absolute Gasteiger partial charge is 0.149 e. The fraction of sp³-hybridized carbons (Fsp3) is 0.524. The van der Waals surface area contributed by atoms with Gasteiger partial charge >= 0.3 is 0 Å². The van der Waals surface area contributed by atoms with Crippen LogP contribution in [0.25, 0.3) is 0 Å². The Balaban J connectivity index is 2.55. The van der Waals surface area contributed by atoms with E-state index in [1.54, 1.807) is 0 Å². The zero-order valence-corrected chi connectivity index (χ0v) is 15.2. The van der Waals surface area contributed by atoms with Crippen molar-refractivity contribution in [1.82, 2.24) is 0 Å². The van der Waals surface area contributed by atoms with E-state index >= 15 is 0 Å². The van der Waals surface area contributed by atoms with Crippen LogP contribution < -0.4 is 0 Å². The van der Waals surface area contributed by atoms with Gasteiger partial charge in [0.1, 0.15) is 0 Å². The molecule has 0 bridgehead atoms. The number of rotatable bonds is 8. The molecule has 2 rings (SSSR count). The minimum atomic E-state index is 0.115. The summed E-state index contributed by atoms with van der Waals surface area (Å²) in [6, 6.07) is 11.2. The standard InChI is InChI=1S/C21H30S/c1-4-12-18(13-5-2)21(22-3,19-14-8-6-9-15-19)20-16-10-7-11-17-20/h6,8-10,14-18H,4-5,7,11-13H2,1-3H3. The highest BCUT2D eigenvalue weighted by molar-refractivity contribution is 7.99. The van der Waals surface area contributed by atoms with Crippen LogP contribution in [0.3, 0.4) is 0 Å². The molecule has 0 nitrogen and oxygen atoms in total. The molecular weight excluding hydrogens is 284 g/mol. The molecular formula is C21H30S. The number of benzene rings is 1. The van der Waals surface area contributed by atoms with Crippen molar-refractivity contribution in [1.29, 1.82) is 0 Å². The number of hydrogen-bond acceptors (Lipinski definition) is 1. The topological polar surface area (TPSA) is 0 Å². The highest BCUT2D eigenvalue weighted by atomic mass is 32.2. The fourth-order valence-corrected chi connectivity index (χ4v) is 5.19. The third kappa shape index (κ3) is 3.51. The van der Waals surface area contributed by atoms with Crippen molar-refractivity contribution >= 4 is 11.8 Å². The summed E-state index contributed by atoms with van der Waals surface area (Å²) in [7, 11) is 0. The molecule has 1 atom stereocenters. The lowest BCUT2D eigenvalue weighted by molar-refractivity contribution is 0.366. The predicted molar refractivity (Wildman–Crippen MR) is 101 cm³/mol. The van der Waals surface area contributed by atoms with Crippen molar-refractivity contribution in [2.24, 2.45) is 5.92 Å². The van der Waals surface area contributed by atoms with Crippen LogP contribution in [0.4, 0.5) is 0 Å². The number of thioether (sulfide) groups is 1. The predicted octanol–water partition coefficient (Wildman–Crippen LogP) is 6.74. The van der Waals surface area contributed by atoms with Crippen molar-refractivity contribution in [2.75, 3.05) is 6.26 Å². The molecule has 1 aliphatic carbocycles. The summed E-state index contributed by atoms with van der Waals surface area (Å²) in [5, 5.41) is 0. The lowest BCUT2D eigenvalue weighted by atomic mass is 9.74. The summed E-state index contributed by atoms with van der Waals surface area (Å²) in [5.74, 6) is 0.703. The first-order valence-electron chi connectivity index (χ1n) is 8.77. The lowest BCUT2D eigenvalue weighted by Gasteiger charge is -2.42. The van der Waals surface area contributed by atoms with Crippen molar-refractivity contribution in [3.8, 4) is 0 Å². The van der Waals surface area contributed by atoms with Gasteiger partial charge < -0.3 is 0 Å². The average molecular weight is 315 g/mol. The number of hydrogen-bond donors (Lipinski definition) is 0. The van der Waals surface area contributed by atoms with Gasteiger partial charge in [-0.05, 0) is 49.0 Å². The van der Waals surface area contributed by atoms with Crippen LogP contribution >= 0.6 is 11.8 Å². The van der Waals surface area contributed by atoms with E-state index in [0.29, 0.717) is 5.92 Å². The molecule has 0 heterocycles. The first kappa shape index (κ1) is 17.4. The number of allylic oxidation sites excluding steroid dienone is 3. The van der Waals surface area contributed by atoms with Gasteiger partial charge in [0.2, 0.25) is 0 Å². The quantitative estimate of drug-likeness (QED) is 0.512. The Hall–Kier alpha value is -0.950. The Morgan fingerprint density at radius 2 is 1.73 bits per heavy atom. The first-order valence-corrected chi connectivity index (χ1v) is 9.99. The molecule has 0 aliphatic heterocycles. The molecule has 0 radical (unpaired) electrons. The van der Waals surface area contributed by atoms with Gasteiger partial charge in [-0.25, -0.2) is 0 Å². The molecule has 1 unspecified atom stereocenters. The molecule has 1 aromatic rings. The maximum Gasteiger partial charge on any atom is 0.0679 e. The van der Waals surface area contributed by atoms with E-state index in [1.165, 1.54) is 49.7 Å². The minimum Gasteiger partial charge on any atom is -0.149 e. The molecule has 0 N–H and O–H groups in total. The second-order valence-corrected chi connectivity index (χ2v) is 7.27. The van der Waals surface area contributed by atoms with E-state index in [1.807, 2.05) is 11.8 Å². The van der Waals surface area contributed by atoms with Crippen LogP contribution in [-0.4, -0.2) is 6.26 Å². The lowest BCUT2D eigenvalue weighted by Crippen LogP contribution is -2.34. The van der Waals surface area contributed by atoms with Crippen LogP contribution in [0.1, 0.15) is 57.9 Å². The third-order valence-electron chi connectivity index (χ3n) is 4.80. The van der Waals surface area contributed by atoms with Crippen LogP contribution in [0.15, 0.2) is 54.1 Å². The van der Waals surface area contributed by atoms with Gasteiger partial charge in [-0.3, -0.25) is 0 Å². The summed E-state index contributed by atoms with van der Waals surface area (Å²) in [6.45, 7) is 4.65. The molecule has 120 valence electrons. The third-order valence-corrected chi connectivity index (χ3v) is 6.25. The summed E-state index contributed by atoms with van der Waals surface area (Å²) in [4.78, 5) is 0. The fourth-order valence-electron chi connectivity index (χ4n) is 3.86. The van der Waals surface area contributed by atoms with E-state index in [4.69, 9.17) is 0 Å². The van der Waals surface area contributed by atoms with Gasteiger partial charge in [-0.2, -0.15) is 0 Å². The Kier molecular flexibility index (Phi) is 6.82. The molecule has 1 heteroatoms. The van der Waals surface area contributed by atoms with Crippen LogP contribution in [-0.2, 0) is 4.75 Å². The second-order valence-electron chi connectivity index (χ2n) is 6.22. The molecule has 22 heavy (non-hydrogen) atoms. The van der Waals surface area contributed by atoms with Crippen LogP contribution in [0, 0.1) is 5.92 Å². The molecule has 1 aliphatic rings. The maximum absolute atomic E-state index is 2.49. The molecule has 1 aromatic carbocycles. The molecule has 0 spiro atoms. The van der Waals surface area contributed by atoms with Crippen LogP contribution in [0.2, 0.25) is 0 Å². The second kappa shape index (κ2) is 8.62. The van der Waals surface area contributed by atoms with Crippen molar-refractivity contribution in [2.45, 2.75) is 57.1 Å². The van der Waals surface area contributed by atoms with E-state index < -0.39 is 0 Å². The SMILES string of the molecule is CCCC(CCC)C(SC)(C1=CCCC=C1)c1ccccc1. The van der Waals surface area contributed by atoms with E-state index in [2.05, 4.69) is 68.7 Å². The molecule has 0 amide bonds. The van der Waals surface area contributed by atoms with Gasteiger partial charge in [-0.1, -0.05) is 75.2 Å². The summed E-state index contributed by atoms with van der Waals surface area (Å²) in [6.07, 6.45) is 17.0. The van der Waals surface area contributed by atoms with Gasteiger partial charge in [0, 0.05) is 0 Å². The Morgan fingerprint density at radius 1 is 1.05 bits per heavy atom. The van der Waals surface area contributed by atoms with Gasteiger partial charge in [-0.15, -0.1) is 11.8 Å². The minimum absolute atomic E-state index is 0.115. The van der Waals surface area contributed by atoms with Crippen molar-refractivity contribution in [3.63, 3.8) is 0 Å². The van der Waals surface area contributed by atoms with E-state index in [0.717, 1.165) is 0 Å². The normalized spacial score (nSPS) is 17.4. The van der Waals surface area contributed by atoms with Crippen molar-refractivity contribution < 1.29 is 0 Å². The Labute approximate surface area is 141 Å². The van der Waals surface area contributed by atoms with E-state index in [-0.39, 0.29) is 4.75 Å². The average Bonchev–Trinajstić information content (AvgIpc) is 2.58. The summed E-state index contributed by atoms with van der Waals surface area (Å²) >= 11 is 2.05. The Morgan fingerprint density at radius 3 is 2.23 bits per heavy atom. The maximum atomic E-state index is 2.49. The van der Waals surface area contributed by atoms with E-state index in [9.17, 15) is 0 Å². The molecule has 0 aromatic heterocycles. The van der Waals surface area contributed by atoms with Crippen molar-refractivity contribution in [3.05, 3.63) is 59.7 Å². The van der Waals surface area contributed by atoms with Crippen LogP contribution in [0.5, 0.6) is 0 Å². The summed E-state index contributed by atoms with van der Waals surface area (Å²) < 4.78 is 0.115. The highest BCUT2D eigenvalue weighted by Gasteiger charge is 2.41. The Bertz CT molecular complexity index is 494. The summed E-state index contributed by atoms with van der Waals surface area (Å²) in [5.41, 5.74) is 3.01. The first-order chi connectivity index (χ1) is 10.8. The molecule has 0 fully saturated rings. The zero-order chi connectivity index (χ0) is 15.8. The monoisotopic (exact) mass is 314 g/mol. The molecule has 0 saturated carbocycles. The van der Waals surface area contributed by atoms with Gasteiger partial charge in [0.05, 0.1) is 4.75 Å². The molecule has 0 saturated heterocycles. The zero-order valence-electron chi connectivity index (χ0n) is 14.3. The van der Waals surface area contributed by atoms with Gasteiger partial charge in [0.15, 0.2) is 0 Å². The smallest absolute Gasteiger partial charge is 0.0679 e. The highest BCUT2D eigenvalue weighted by Crippen LogP contribution is 2.52. The van der Waals surface area contributed by atoms with Gasteiger partial charge in [0.25, 0.3) is 0 Å².